The maximum Gasteiger partial charge on any atom is 0.291 e. The molecule has 2 aromatic carbocycles. The fourth-order valence-electron chi connectivity index (χ4n) is 3.42. The molecule has 3 heterocycles. The van der Waals surface area contributed by atoms with Crippen molar-refractivity contribution in [1.29, 1.82) is 0 Å². The van der Waals surface area contributed by atoms with Crippen LogP contribution in [0.2, 0.25) is 0 Å². The first-order valence-corrected chi connectivity index (χ1v) is 9.36. The second-order valence-electron chi connectivity index (χ2n) is 6.32. The Hall–Kier alpha value is -3.52. The van der Waals surface area contributed by atoms with Crippen LogP contribution in [0.15, 0.2) is 53.3 Å². The minimum Gasteiger partial charge on any atom is -0.496 e. The van der Waals surface area contributed by atoms with Crippen LogP contribution in [0.4, 0.5) is 5.69 Å². The van der Waals surface area contributed by atoms with Crippen molar-refractivity contribution in [3.05, 3.63) is 69.0 Å². The van der Waals surface area contributed by atoms with Crippen molar-refractivity contribution < 1.29 is 9.53 Å². The number of hydrogen-bond donors (Lipinski definition) is 0. The summed E-state index contributed by atoms with van der Waals surface area (Å²) in [4.78, 5) is 32.3. The first-order valence-electron chi connectivity index (χ1n) is 8.55. The lowest BCUT2D eigenvalue weighted by molar-refractivity contribution is -0.112. The van der Waals surface area contributed by atoms with Crippen LogP contribution in [0.5, 0.6) is 5.75 Å². The fourth-order valence-corrected chi connectivity index (χ4v) is 4.42. The lowest BCUT2D eigenvalue weighted by atomic mass is 10.1. The van der Waals surface area contributed by atoms with Gasteiger partial charge in [-0.05, 0) is 18.2 Å². The van der Waals surface area contributed by atoms with E-state index in [1.165, 1.54) is 15.9 Å². The highest BCUT2D eigenvalue weighted by atomic mass is 32.1. The van der Waals surface area contributed by atoms with E-state index in [4.69, 9.17) is 4.74 Å². The van der Waals surface area contributed by atoms with Crippen LogP contribution in [0.3, 0.4) is 0 Å². The average Bonchev–Trinajstić information content (AvgIpc) is 3.34. The third-order valence-corrected chi connectivity index (χ3v) is 5.82. The summed E-state index contributed by atoms with van der Waals surface area (Å²) in [7, 11) is 3.28. The number of rotatable bonds is 2. The van der Waals surface area contributed by atoms with Crippen LogP contribution in [-0.2, 0) is 4.79 Å². The Morgan fingerprint density at radius 2 is 1.71 bits per heavy atom. The average molecular weight is 390 g/mol. The second kappa shape index (κ2) is 6.00. The molecule has 8 heteroatoms. The Balaban J connectivity index is 1.76. The third kappa shape index (κ3) is 2.21. The summed E-state index contributed by atoms with van der Waals surface area (Å²) < 4.78 is 6.96. The van der Waals surface area contributed by atoms with Gasteiger partial charge in [0, 0.05) is 12.6 Å². The van der Waals surface area contributed by atoms with Gasteiger partial charge < -0.3 is 9.64 Å². The topological polar surface area (TPSA) is 76.8 Å². The zero-order valence-corrected chi connectivity index (χ0v) is 15.9. The number of amides is 1. The molecule has 7 nitrogen and oxygen atoms in total. The van der Waals surface area contributed by atoms with Crippen LogP contribution in [0.25, 0.3) is 21.9 Å². The van der Waals surface area contributed by atoms with E-state index in [-0.39, 0.29) is 11.5 Å². The number of hydrogen-bond acceptors (Lipinski definition) is 6. The number of anilines is 1. The Labute approximate surface area is 163 Å². The Kier molecular flexibility index (Phi) is 3.56. The number of carbonyl (C=O) groups is 1. The van der Waals surface area contributed by atoms with E-state index < -0.39 is 0 Å². The largest absolute Gasteiger partial charge is 0.496 e. The molecule has 0 N–H and O–H groups in total. The molecule has 4 aromatic rings. The van der Waals surface area contributed by atoms with Crippen molar-refractivity contribution in [2.45, 2.75) is 0 Å². The molecule has 0 fully saturated rings. The monoisotopic (exact) mass is 390 g/mol. The summed E-state index contributed by atoms with van der Waals surface area (Å²) in [5.74, 6) is 0.838. The van der Waals surface area contributed by atoms with Gasteiger partial charge in [-0.25, -0.2) is 0 Å². The van der Waals surface area contributed by atoms with Gasteiger partial charge in [-0.1, -0.05) is 41.7 Å². The number of likely N-dealkylation sites (N-methyl/N-ethyl adjacent to an activating group) is 1. The number of carbonyl (C=O) groups excluding carboxylic acids is 1. The number of methoxy groups -OCH3 is 1. The van der Waals surface area contributed by atoms with Crippen molar-refractivity contribution >= 4 is 33.5 Å². The van der Waals surface area contributed by atoms with E-state index in [2.05, 4.69) is 10.1 Å². The van der Waals surface area contributed by atoms with Crippen molar-refractivity contribution in [2.75, 3.05) is 19.1 Å². The normalized spacial score (nSPS) is 15.4. The van der Waals surface area contributed by atoms with E-state index >= 15 is 0 Å². The first-order chi connectivity index (χ1) is 13.6. The van der Waals surface area contributed by atoms with E-state index in [1.54, 1.807) is 19.1 Å². The third-order valence-electron chi connectivity index (χ3n) is 4.79. The molecule has 5 rings (SSSR count). The van der Waals surface area contributed by atoms with Gasteiger partial charge in [0.15, 0.2) is 5.82 Å². The van der Waals surface area contributed by atoms with E-state index in [0.29, 0.717) is 32.2 Å². The minimum atomic E-state index is -0.345. The highest BCUT2D eigenvalue weighted by Crippen LogP contribution is 2.34. The zero-order valence-electron chi connectivity index (χ0n) is 15.0. The number of benzene rings is 2. The lowest BCUT2D eigenvalue weighted by Crippen LogP contribution is -2.30. The van der Waals surface area contributed by atoms with E-state index in [9.17, 15) is 9.59 Å². The van der Waals surface area contributed by atoms with Gasteiger partial charge in [0.1, 0.15) is 10.3 Å². The summed E-state index contributed by atoms with van der Waals surface area (Å²) in [6.07, 6.45) is 0. The van der Waals surface area contributed by atoms with Crippen LogP contribution in [0, 0.1) is 0 Å². The quantitative estimate of drug-likeness (QED) is 0.521. The predicted octanol–water partition coefficient (Wildman–Crippen LogP) is 1.72. The molecule has 0 radical (unpaired) electrons. The minimum absolute atomic E-state index is 0.201. The molecule has 1 amide bonds. The number of fused-ring (bicyclic) bond motifs is 2. The summed E-state index contributed by atoms with van der Waals surface area (Å²) in [5.41, 5.74) is 2.30. The summed E-state index contributed by atoms with van der Waals surface area (Å²) in [6, 6.07) is 14.8. The van der Waals surface area contributed by atoms with E-state index in [0.717, 1.165) is 11.3 Å². The van der Waals surface area contributed by atoms with Crippen LogP contribution in [-0.4, -0.2) is 34.7 Å². The standard InChI is InChI=1S/C20H14N4O3S/c1-23-13-9-5-3-7-11(13)15(18(23)25)16-19(26)24-20(28-16)21-17(22-24)12-8-4-6-10-14(12)27-2/h3-10H,1-2H3. The second-order valence-corrected chi connectivity index (χ2v) is 7.30. The van der Waals surface area contributed by atoms with Gasteiger partial charge in [-0.15, -0.1) is 5.10 Å². The molecule has 0 saturated heterocycles. The molecular weight excluding hydrogens is 376 g/mol. The number of nitrogens with zero attached hydrogens (tertiary/aromatic N) is 4. The number of thiazole rings is 1. The zero-order chi connectivity index (χ0) is 19.4. The molecule has 28 heavy (non-hydrogen) atoms. The first kappa shape index (κ1) is 16.6. The van der Waals surface area contributed by atoms with Crippen molar-refractivity contribution in [3.63, 3.8) is 0 Å². The maximum atomic E-state index is 13.0. The Morgan fingerprint density at radius 3 is 2.46 bits per heavy atom. The maximum absolute atomic E-state index is 13.0. The summed E-state index contributed by atoms with van der Waals surface area (Å²) in [6.45, 7) is 0. The SMILES string of the molecule is COc1ccccc1-c1nc2sc(=C3C(=O)N(C)c4ccccc43)c(=O)n2n1. The lowest BCUT2D eigenvalue weighted by Gasteiger charge is -2.07. The van der Waals surface area contributed by atoms with Gasteiger partial charge in [-0.2, -0.15) is 9.50 Å². The number of ether oxygens (including phenoxy) is 1. The van der Waals surface area contributed by atoms with Crippen LogP contribution < -0.4 is 19.7 Å². The van der Waals surface area contributed by atoms with Gasteiger partial charge in [0.05, 0.1) is 23.9 Å². The molecule has 0 unspecified atom stereocenters. The van der Waals surface area contributed by atoms with Crippen molar-refractivity contribution in [1.82, 2.24) is 14.6 Å². The van der Waals surface area contributed by atoms with Gasteiger partial charge >= 0.3 is 0 Å². The number of aromatic nitrogens is 3. The highest BCUT2D eigenvalue weighted by molar-refractivity contribution is 7.15. The molecule has 2 aromatic heterocycles. The molecule has 138 valence electrons. The molecule has 0 spiro atoms. The summed E-state index contributed by atoms with van der Waals surface area (Å²) in [5, 5.41) is 4.37. The van der Waals surface area contributed by atoms with Gasteiger partial charge in [0.2, 0.25) is 4.96 Å². The highest BCUT2D eigenvalue weighted by Gasteiger charge is 2.31. The van der Waals surface area contributed by atoms with Gasteiger partial charge in [-0.3, -0.25) is 9.59 Å². The smallest absolute Gasteiger partial charge is 0.291 e. The van der Waals surface area contributed by atoms with Crippen LogP contribution in [0.1, 0.15) is 5.56 Å². The molecule has 0 bridgehead atoms. The Morgan fingerprint density at radius 1 is 1.00 bits per heavy atom. The molecular formula is C20H14N4O3S. The van der Waals surface area contributed by atoms with Crippen molar-refractivity contribution in [3.8, 4) is 17.1 Å². The van der Waals surface area contributed by atoms with Crippen molar-refractivity contribution in [2.24, 2.45) is 0 Å². The molecule has 0 saturated carbocycles. The molecule has 0 aliphatic carbocycles. The van der Waals surface area contributed by atoms with Crippen LogP contribution >= 0.6 is 11.3 Å². The van der Waals surface area contributed by atoms with Gasteiger partial charge in [0.25, 0.3) is 11.5 Å². The molecule has 1 aliphatic rings. The predicted molar refractivity (Wildman–Crippen MR) is 107 cm³/mol. The van der Waals surface area contributed by atoms with E-state index in [1.807, 2.05) is 48.5 Å². The summed E-state index contributed by atoms with van der Waals surface area (Å²) >= 11 is 1.17. The molecule has 1 aliphatic heterocycles. The molecule has 0 atom stereocenters. The Bertz CT molecular complexity index is 1370. The number of para-hydroxylation sites is 2. The fraction of sp³-hybridized carbons (Fsp3) is 0.100.